The summed E-state index contributed by atoms with van der Waals surface area (Å²) in [5.74, 6) is 0.278. The molecule has 2 nitrogen and oxygen atoms in total. The molecule has 0 saturated heterocycles. The van der Waals surface area contributed by atoms with Crippen LogP contribution in [-0.2, 0) is 4.79 Å². The molecule has 1 aliphatic rings. The van der Waals surface area contributed by atoms with E-state index in [9.17, 15) is 4.79 Å². The zero-order valence-corrected chi connectivity index (χ0v) is 5.50. The van der Waals surface area contributed by atoms with Gasteiger partial charge in [-0.2, -0.15) is 0 Å². The fourth-order valence-electron chi connectivity index (χ4n) is 0.909. The van der Waals surface area contributed by atoms with Crippen LogP contribution < -0.4 is 5.73 Å². The molecule has 2 unspecified atom stereocenters. The molecule has 0 bridgehead atoms. The van der Waals surface area contributed by atoms with Gasteiger partial charge in [-0.1, -0.05) is 19.1 Å². The third kappa shape index (κ3) is 1.19. The summed E-state index contributed by atoms with van der Waals surface area (Å²) in [6.45, 7) is 1.87. The third-order valence-electron chi connectivity index (χ3n) is 1.76. The number of hydrogen-bond acceptors (Lipinski definition) is 2. The van der Waals surface area contributed by atoms with Gasteiger partial charge in [0.1, 0.15) is 5.78 Å². The second-order valence-electron chi connectivity index (χ2n) is 2.46. The lowest BCUT2D eigenvalue weighted by molar-refractivity contribution is -0.122. The van der Waals surface area contributed by atoms with Crippen molar-refractivity contribution in [3.8, 4) is 0 Å². The summed E-state index contributed by atoms with van der Waals surface area (Å²) >= 11 is 0. The minimum absolute atomic E-state index is 0.0231. The van der Waals surface area contributed by atoms with Crippen LogP contribution in [0.1, 0.15) is 13.3 Å². The maximum absolute atomic E-state index is 10.9. The summed E-state index contributed by atoms with van der Waals surface area (Å²) in [7, 11) is 0. The number of allylic oxidation sites excluding steroid dienone is 1. The molecule has 0 radical (unpaired) electrons. The number of carbonyl (C=O) groups excluding carboxylic acids is 1. The Morgan fingerprint density at radius 2 is 2.44 bits per heavy atom. The van der Waals surface area contributed by atoms with Crippen LogP contribution in [0.5, 0.6) is 0 Å². The first-order valence-electron chi connectivity index (χ1n) is 3.17. The maximum Gasteiger partial charge on any atom is 0.141 e. The maximum atomic E-state index is 10.9. The minimum Gasteiger partial charge on any atom is -0.324 e. The van der Waals surface area contributed by atoms with Gasteiger partial charge in [0.15, 0.2) is 0 Å². The lowest BCUT2D eigenvalue weighted by Crippen LogP contribution is -2.33. The van der Waals surface area contributed by atoms with Gasteiger partial charge in [-0.05, 0) is 0 Å². The number of hydrogen-bond donors (Lipinski definition) is 1. The summed E-state index contributed by atoms with van der Waals surface area (Å²) in [6.07, 6.45) is 4.30. The molecular weight excluding hydrogens is 114 g/mol. The van der Waals surface area contributed by atoms with Crippen molar-refractivity contribution >= 4 is 5.78 Å². The van der Waals surface area contributed by atoms with Gasteiger partial charge in [0, 0.05) is 18.4 Å². The predicted molar refractivity (Wildman–Crippen MR) is 35.9 cm³/mol. The van der Waals surface area contributed by atoms with Gasteiger partial charge in [-0.25, -0.2) is 0 Å². The van der Waals surface area contributed by atoms with Crippen molar-refractivity contribution in [2.45, 2.75) is 19.4 Å². The summed E-state index contributed by atoms with van der Waals surface area (Å²) in [5.41, 5.74) is 5.56. The van der Waals surface area contributed by atoms with E-state index >= 15 is 0 Å². The van der Waals surface area contributed by atoms with Crippen molar-refractivity contribution in [1.82, 2.24) is 0 Å². The normalized spacial score (nSPS) is 35.1. The average Bonchev–Trinajstić information content (AvgIpc) is 1.83. The van der Waals surface area contributed by atoms with Crippen LogP contribution in [-0.4, -0.2) is 11.8 Å². The zero-order valence-electron chi connectivity index (χ0n) is 5.50. The van der Waals surface area contributed by atoms with Crippen LogP contribution in [0.4, 0.5) is 0 Å². The molecule has 1 aliphatic carbocycles. The molecule has 50 valence electrons. The van der Waals surface area contributed by atoms with Crippen LogP contribution in [0, 0.1) is 5.92 Å². The quantitative estimate of drug-likeness (QED) is 0.478. The number of nitrogens with two attached hydrogens (primary N) is 1. The van der Waals surface area contributed by atoms with Crippen molar-refractivity contribution in [2.75, 3.05) is 0 Å². The van der Waals surface area contributed by atoms with Crippen LogP contribution in [0.3, 0.4) is 0 Å². The van der Waals surface area contributed by atoms with Gasteiger partial charge in [-0.3, -0.25) is 4.79 Å². The Hall–Kier alpha value is -0.630. The SMILES string of the molecule is CC1C(=O)CC=CC1N. The number of ketones is 1. The van der Waals surface area contributed by atoms with E-state index in [4.69, 9.17) is 5.73 Å². The molecule has 9 heavy (non-hydrogen) atoms. The number of carbonyl (C=O) groups is 1. The number of Topliss-reactive ketones (excluding diaryl/α,β-unsaturated/α-hetero) is 1. The highest BCUT2D eigenvalue weighted by Crippen LogP contribution is 2.11. The molecule has 0 fully saturated rings. The summed E-state index contributed by atoms with van der Waals surface area (Å²) in [6, 6.07) is -0.0498. The van der Waals surface area contributed by atoms with Crippen LogP contribution in [0.25, 0.3) is 0 Å². The molecule has 0 saturated carbocycles. The van der Waals surface area contributed by atoms with Crippen molar-refractivity contribution in [3.63, 3.8) is 0 Å². The first kappa shape index (κ1) is 6.49. The molecule has 0 aromatic heterocycles. The van der Waals surface area contributed by atoms with Gasteiger partial charge in [0.2, 0.25) is 0 Å². The largest absolute Gasteiger partial charge is 0.324 e. The molecule has 0 aliphatic heterocycles. The van der Waals surface area contributed by atoms with Crippen LogP contribution in [0.15, 0.2) is 12.2 Å². The van der Waals surface area contributed by atoms with Crippen molar-refractivity contribution in [3.05, 3.63) is 12.2 Å². The third-order valence-corrected chi connectivity index (χ3v) is 1.76. The second-order valence-corrected chi connectivity index (χ2v) is 2.46. The second kappa shape index (κ2) is 2.31. The van der Waals surface area contributed by atoms with Crippen molar-refractivity contribution < 1.29 is 4.79 Å². The van der Waals surface area contributed by atoms with E-state index in [1.54, 1.807) is 0 Å². The summed E-state index contributed by atoms with van der Waals surface area (Å²) < 4.78 is 0. The van der Waals surface area contributed by atoms with E-state index in [0.717, 1.165) is 0 Å². The standard InChI is InChI=1S/C7H11NO/c1-5-6(8)3-2-4-7(5)9/h2-3,5-6H,4,8H2,1H3. The van der Waals surface area contributed by atoms with Gasteiger partial charge < -0.3 is 5.73 Å². The fraction of sp³-hybridized carbons (Fsp3) is 0.571. The Kier molecular flexibility index (Phi) is 1.67. The Morgan fingerprint density at radius 1 is 1.78 bits per heavy atom. The van der Waals surface area contributed by atoms with Crippen LogP contribution >= 0.6 is 0 Å². The molecule has 2 heteroatoms. The van der Waals surface area contributed by atoms with E-state index in [2.05, 4.69) is 0 Å². The van der Waals surface area contributed by atoms with E-state index < -0.39 is 0 Å². The lowest BCUT2D eigenvalue weighted by atomic mass is 9.91. The minimum atomic E-state index is -0.0498. The highest BCUT2D eigenvalue weighted by molar-refractivity contribution is 5.84. The summed E-state index contributed by atoms with van der Waals surface area (Å²) in [5, 5.41) is 0. The molecular formula is C7H11NO. The topological polar surface area (TPSA) is 43.1 Å². The van der Waals surface area contributed by atoms with E-state index in [0.29, 0.717) is 6.42 Å². The van der Waals surface area contributed by atoms with E-state index in [1.165, 1.54) is 0 Å². The molecule has 0 heterocycles. The van der Waals surface area contributed by atoms with E-state index in [1.807, 2.05) is 19.1 Å². The first-order chi connectivity index (χ1) is 4.22. The van der Waals surface area contributed by atoms with Crippen LogP contribution in [0.2, 0.25) is 0 Å². The van der Waals surface area contributed by atoms with Gasteiger partial charge in [-0.15, -0.1) is 0 Å². The van der Waals surface area contributed by atoms with E-state index in [-0.39, 0.29) is 17.7 Å². The van der Waals surface area contributed by atoms with Crippen molar-refractivity contribution in [1.29, 1.82) is 0 Å². The average molecular weight is 125 g/mol. The highest BCUT2D eigenvalue weighted by atomic mass is 16.1. The zero-order chi connectivity index (χ0) is 6.85. The predicted octanol–water partition coefficient (Wildman–Crippen LogP) is 0.479. The monoisotopic (exact) mass is 125 g/mol. The smallest absolute Gasteiger partial charge is 0.141 e. The fourth-order valence-corrected chi connectivity index (χ4v) is 0.909. The molecule has 0 amide bonds. The lowest BCUT2D eigenvalue weighted by Gasteiger charge is -2.17. The molecule has 0 aromatic rings. The van der Waals surface area contributed by atoms with Gasteiger partial charge in [0.05, 0.1) is 0 Å². The Labute approximate surface area is 54.7 Å². The Bertz CT molecular complexity index is 151. The molecule has 2 N–H and O–H groups in total. The molecule has 2 atom stereocenters. The Morgan fingerprint density at radius 3 is 2.89 bits per heavy atom. The Balaban J connectivity index is 2.69. The van der Waals surface area contributed by atoms with Gasteiger partial charge in [0.25, 0.3) is 0 Å². The molecule has 1 rings (SSSR count). The highest BCUT2D eigenvalue weighted by Gasteiger charge is 2.20. The molecule has 0 spiro atoms. The summed E-state index contributed by atoms with van der Waals surface area (Å²) in [4.78, 5) is 10.9. The van der Waals surface area contributed by atoms with Crippen molar-refractivity contribution in [2.24, 2.45) is 11.7 Å². The number of rotatable bonds is 0. The van der Waals surface area contributed by atoms with Gasteiger partial charge >= 0.3 is 0 Å². The molecule has 0 aromatic carbocycles. The first-order valence-corrected chi connectivity index (χ1v) is 3.17.